The van der Waals surface area contributed by atoms with Crippen LogP contribution in [0, 0.1) is 3.57 Å². The standard InChI is InChI=1S/C7H5IO2.C4H8O2/c8-6-3-1-5(2-4-6)7(9)10;1-3-6-4(2)5/h1-4H,(H,9,10);3H2,1-2H3. The minimum Gasteiger partial charge on any atom is -0.478 e. The summed E-state index contributed by atoms with van der Waals surface area (Å²) in [4.78, 5) is 20.1. The zero-order valence-electron chi connectivity index (χ0n) is 9.07. The second-order valence-corrected chi connectivity index (χ2v) is 3.98. The third-order valence-corrected chi connectivity index (χ3v) is 2.16. The van der Waals surface area contributed by atoms with Crippen molar-refractivity contribution in [3.05, 3.63) is 33.4 Å². The summed E-state index contributed by atoms with van der Waals surface area (Å²) >= 11 is 2.13. The molecule has 1 N–H and O–H groups in total. The van der Waals surface area contributed by atoms with E-state index >= 15 is 0 Å². The lowest BCUT2D eigenvalue weighted by Gasteiger charge is -1.91. The van der Waals surface area contributed by atoms with E-state index in [9.17, 15) is 9.59 Å². The van der Waals surface area contributed by atoms with Crippen LogP contribution in [0.3, 0.4) is 0 Å². The van der Waals surface area contributed by atoms with Crippen LogP contribution >= 0.6 is 22.6 Å². The Labute approximate surface area is 108 Å². The molecule has 0 aromatic heterocycles. The summed E-state index contributed by atoms with van der Waals surface area (Å²) in [5.41, 5.74) is 0.334. The van der Waals surface area contributed by atoms with Crippen LogP contribution in [0.2, 0.25) is 0 Å². The summed E-state index contributed by atoms with van der Waals surface area (Å²) in [6.07, 6.45) is 0. The number of carboxylic acid groups (broad SMARTS) is 1. The van der Waals surface area contributed by atoms with Crippen molar-refractivity contribution in [2.45, 2.75) is 13.8 Å². The van der Waals surface area contributed by atoms with E-state index in [2.05, 4.69) is 27.3 Å². The topological polar surface area (TPSA) is 63.6 Å². The van der Waals surface area contributed by atoms with Crippen LogP contribution < -0.4 is 0 Å². The van der Waals surface area contributed by atoms with Crippen molar-refractivity contribution in [2.24, 2.45) is 0 Å². The van der Waals surface area contributed by atoms with E-state index in [1.54, 1.807) is 31.2 Å². The van der Waals surface area contributed by atoms with Crippen LogP contribution in [0.15, 0.2) is 24.3 Å². The van der Waals surface area contributed by atoms with Gasteiger partial charge in [-0.1, -0.05) is 0 Å². The molecule has 0 bridgehead atoms. The largest absolute Gasteiger partial charge is 0.478 e. The Bertz CT molecular complexity index is 346. The summed E-state index contributed by atoms with van der Waals surface area (Å²) in [5, 5.41) is 8.47. The minimum absolute atomic E-state index is 0.211. The summed E-state index contributed by atoms with van der Waals surface area (Å²) in [5.74, 6) is -1.09. The molecule has 5 heteroatoms. The molecule has 1 aromatic rings. The fourth-order valence-corrected chi connectivity index (χ4v) is 1.16. The lowest BCUT2D eigenvalue weighted by Crippen LogP contribution is -1.95. The molecule has 0 aliphatic carbocycles. The second kappa shape index (κ2) is 8.09. The van der Waals surface area contributed by atoms with E-state index < -0.39 is 5.97 Å². The van der Waals surface area contributed by atoms with Crippen LogP contribution in [-0.4, -0.2) is 23.7 Å². The van der Waals surface area contributed by atoms with Gasteiger partial charge in [-0.2, -0.15) is 0 Å². The number of esters is 1. The van der Waals surface area contributed by atoms with Crippen LogP contribution in [0.1, 0.15) is 24.2 Å². The van der Waals surface area contributed by atoms with Crippen molar-refractivity contribution >= 4 is 34.5 Å². The fraction of sp³-hybridized carbons (Fsp3) is 0.273. The van der Waals surface area contributed by atoms with Crippen LogP contribution in [0.25, 0.3) is 0 Å². The number of hydrogen-bond donors (Lipinski definition) is 1. The molecule has 0 spiro atoms. The maximum atomic E-state index is 10.3. The highest BCUT2D eigenvalue weighted by Crippen LogP contribution is 2.05. The smallest absolute Gasteiger partial charge is 0.335 e. The van der Waals surface area contributed by atoms with Crippen molar-refractivity contribution in [3.8, 4) is 0 Å². The summed E-state index contributed by atoms with van der Waals surface area (Å²) in [6.45, 7) is 3.65. The molecule has 88 valence electrons. The van der Waals surface area contributed by atoms with Gasteiger partial charge in [0.1, 0.15) is 0 Å². The predicted molar refractivity (Wildman–Crippen MR) is 68.4 cm³/mol. The van der Waals surface area contributed by atoms with Crippen molar-refractivity contribution < 1.29 is 19.4 Å². The van der Waals surface area contributed by atoms with Crippen molar-refractivity contribution in [1.29, 1.82) is 0 Å². The van der Waals surface area contributed by atoms with E-state index in [0.717, 1.165) is 3.57 Å². The first-order chi connectivity index (χ1) is 7.47. The van der Waals surface area contributed by atoms with Crippen molar-refractivity contribution in [1.82, 2.24) is 0 Å². The molecule has 0 heterocycles. The average molecular weight is 336 g/mol. The number of rotatable bonds is 2. The Morgan fingerprint density at radius 1 is 1.31 bits per heavy atom. The molecule has 0 saturated carbocycles. The van der Waals surface area contributed by atoms with Gasteiger partial charge < -0.3 is 9.84 Å². The number of carboxylic acids is 1. The van der Waals surface area contributed by atoms with E-state index in [4.69, 9.17) is 5.11 Å². The van der Waals surface area contributed by atoms with Gasteiger partial charge in [0.2, 0.25) is 0 Å². The number of benzene rings is 1. The number of hydrogen-bond acceptors (Lipinski definition) is 3. The molecular weight excluding hydrogens is 323 g/mol. The number of aromatic carboxylic acids is 1. The quantitative estimate of drug-likeness (QED) is 0.666. The third-order valence-electron chi connectivity index (χ3n) is 1.44. The maximum Gasteiger partial charge on any atom is 0.335 e. The van der Waals surface area contributed by atoms with Crippen molar-refractivity contribution in [3.63, 3.8) is 0 Å². The maximum absolute atomic E-state index is 10.3. The van der Waals surface area contributed by atoms with E-state index in [1.807, 2.05) is 0 Å². The van der Waals surface area contributed by atoms with Crippen LogP contribution in [0.5, 0.6) is 0 Å². The van der Waals surface area contributed by atoms with E-state index in [0.29, 0.717) is 12.2 Å². The fourth-order valence-electron chi connectivity index (χ4n) is 0.796. The molecule has 0 unspecified atom stereocenters. The first-order valence-electron chi connectivity index (χ1n) is 4.59. The number of halogens is 1. The first-order valence-corrected chi connectivity index (χ1v) is 5.67. The monoisotopic (exact) mass is 336 g/mol. The normalized spacial score (nSPS) is 8.69. The minimum atomic E-state index is -0.878. The van der Waals surface area contributed by atoms with Gasteiger partial charge in [-0.05, 0) is 53.8 Å². The predicted octanol–water partition coefficient (Wildman–Crippen LogP) is 2.56. The molecule has 0 fully saturated rings. The highest BCUT2D eigenvalue weighted by Gasteiger charge is 1.98. The molecule has 0 saturated heterocycles. The van der Waals surface area contributed by atoms with Crippen molar-refractivity contribution in [2.75, 3.05) is 6.61 Å². The van der Waals surface area contributed by atoms with Gasteiger partial charge in [0.25, 0.3) is 0 Å². The molecule has 1 aromatic carbocycles. The van der Waals surface area contributed by atoms with Gasteiger partial charge in [-0.3, -0.25) is 4.79 Å². The van der Waals surface area contributed by atoms with Crippen LogP contribution in [0.4, 0.5) is 0 Å². The average Bonchev–Trinajstić information content (AvgIpc) is 2.19. The van der Waals surface area contributed by atoms with Gasteiger partial charge in [0.15, 0.2) is 0 Å². The number of carbonyl (C=O) groups excluding carboxylic acids is 1. The Morgan fingerprint density at radius 2 is 1.81 bits per heavy atom. The van der Waals surface area contributed by atoms with Gasteiger partial charge in [0, 0.05) is 10.5 Å². The Morgan fingerprint density at radius 3 is 2.06 bits per heavy atom. The lowest BCUT2D eigenvalue weighted by atomic mass is 10.2. The molecule has 16 heavy (non-hydrogen) atoms. The van der Waals surface area contributed by atoms with Gasteiger partial charge >= 0.3 is 11.9 Å². The molecule has 0 aliphatic heterocycles. The Balaban J connectivity index is 0.000000325. The number of carbonyl (C=O) groups is 2. The third kappa shape index (κ3) is 7.22. The molecule has 1 rings (SSSR count). The van der Waals surface area contributed by atoms with Gasteiger partial charge in [-0.25, -0.2) is 4.79 Å². The molecule has 0 amide bonds. The zero-order chi connectivity index (χ0) is 12.6. The van der Waals surface area contributed by atoms with E-state index in [1.165, 1.54) is 6.92 Å². The highest BCUT2D eigenvalue weighted by molar-refractivity contribution is 14.1. The molecule has 0 atom stereocenters. The molecule has 4 nitrogen and oxygen atoms in total. The first kappa shape index (κ1) is 14.9. The summed E-state index contributed by atoms with van der Waals surface area (Å²) < 4.78 is 5.45. The number of ether oxygens (including phenoxy) is 1. The van der Waals surface area contributed by atoms with Gasteiger partial charge in [0.05, 0.1) is 12.2 Å². The Kier molecular flexibility index (Phi) is 7.53. The second-order valence-electron chi connectivity index (χ2n) is 2.74. The Hall–Kier alpha value is -1.11. The zero-order valence-corrected chi connectivity index (χ0v) is 11.2. The lowest BCUT2D eigenvalue weighted by molar-refractivity contribution is -0.140. The summed E-state index contributed by atoms with van der Waals surface area (Å²) in [7, 11) is 0. The van der Waals surface area contributed by atoms with Crippen LogP contribution in [-0.2, 0) is 9.53 Å². The van der Waals surface area contributed by atoms with Gasteiger partial charge in [-0.15, -0.1) is 0 Å². The molecular formula is C11H13IO4. The molecule has 0 radical (unpaired) electrons. The summed E-state index contributed by atoms with van der Waals surface area (Å²) in [6, 6.07) is 6.71. The highest BCUT2D eigenvalue weighted by atomic mass is 127. The molecule has 0 aliphatic rings. The SMILES string of the molecule is CCOC(C)=O.O=C(O)c1ccc(I)cc1. The van der Waals surface area contributed by atoms with E-state index in [-0.39, 0.29) is 5.97 Å².